The molecule has 120 valence electrons. The van der Waals surface area contributed by atoms with Crippen LogP contribution in [0.15, 0.2) is 0 Å². The fraction of sp³-hybridized carbons (Fsp3) is 0.938. The highest BCUT2D eigenvalue weighted by Crippen LogP contribution is 2.33. The molecule has 0 saturated heterocycles. The zero-order chi connectivity index (χ0) is 15.8. The molecule has 0 radical (unpaired) electrons. The Kier molecular flexibility index (Phi) is 8.56. The van der Waals surface area contributed by atoms with E-state index in [-0.39, 0.29) is 11.2 Å². The maximum Gasteiger partial charge on any atom is 0.162 e. The number of Topliss-reactive ketones (excluding diaryl/α,β-unsaturated/α-hetero) is 1. The van der Waals surface area contributed by atoms with Gasteiger partial charge in [-0.25, -0.2) is 0 Å². The van der Waals surface area contributed by atoms with Crippen LogP contribution in [0.4, 0.5) is 0 Å². The lowest BCUT2D eigenvalue weighted by molar-refractivity contribution is -0.214. The standard InChI is InChI=1S/C16H33NO3/c1-13(15(3,4)12-14(2)18)8-10-19-16(5,6)20-11-9-17-7/h13,17H,8-12H2,1-7H3. The zero-order valence-corrected chi connectivity index (χ0v) is 14.3. The largest absolute Gasteiger partial charge is 0.351 e. The number of hydrogen-bond acceptors (Lipinski definition) is 4. The van der Waals surface area contributed by atoms with Crippen LogP contribution in [0.2, 0.25) is 0 Å². The van der Waals surface area contributed by atoms with Crippen molar-refractivity contribution in [3.05, 3.63) is 0 Å². The van der Waals surface area contributed by atoms with Crippen LogP contribution in [0.5, 0.6) is 0 Å². The minimum absolute atomic E-state index is 0.0202. The van der Waals surface area contributed by atoms with E-state index in [0.29, 0.717) is 25.6 Å². The summed E-state index contributed by atoms with van der Waals surface area (Å²) in [7, 11) is 1.90. The minimum Gasteiger partial charge on any atom is -0.351 e. The molecule has 0 amide bonds. The molecular formula is C16H33NO3. The van der Waals surface area contributed by atoms with Crippen LogP contribution < -0.4 is 5.32 Å². The summed E-state index contributed by atoms with van der Waals surface area (Å²) in [4.78, 5) is 11.3. The predicted molar refractivity (Wildman–Crippen MR) is 82.8 cm³/mol. The maximum absolute atomic E-state index is 11.3. The van der Waals surface area contributed by atoms with Crippen LogP contribution in [-0.4, -0.2) is 38.4 Å². The van der Waals surface area contributed by atoms with Crippen molar-refractivity contribution in [2.24, 2.45) is 11.3 Å². The number of carbonyl (C=O) groups excluding carboxylic acids is 1. The smallest absolute Gasteiger partial charge is 0.162 e. The molecular weight excluding hydrogens is 254 g/mol. The second-order valence-corrected chi connectivity index (χ2v) is 6.76. The average Bonchev–Trinajstić information content (AvgIpc) is 2.26. The molecule has 0 aliphatic carbocycles. The van der Waals surface area contributed by atoms with E-state index < -0.39 is 5.79 Å². The summed E-state index contributed by atoms with van der Waals surface area (Å²) in [5.74, 6) is 0.124. The van der Waals surface area contributed by atoms with Gasteiger partial charge in [0.1, 0.15) is 5.78 Å². The molecule has 1 unspecified atom stereocenters. The first-order valence-corrected chi connectivity index (χ1v) is 7.52. The third kappa shape index (κ3) is 8.67. The molecule has 0 heterocycles. The van der Waals surface area contributed by atoms with Gasteiger partial charge in [-0.15, -0.1) is 0 Å². The van der Waals surface area contributed by atoms with Crippen molar-refractivity contribution in [1.29, 1.82) is 0 Å². The molecule has 20 heavy (non-hydrogen) atoms. The summed E-state index contributed by atoms with van der Waals surface area (Å²) in [6.45, 7) is 14.1. The topological polar surface area (TPSA) is 47.6 Å². The summed E-state index contributed by atoms with van der Waals surface area (Å²) in [5, 5.41) is 3.04. The van der Waals surface area contributed by atoms with Gasteiger partial charge in [0, 0.05) is 13.0 Å². The Morgan fingerprint density at radius 1 is 1.15 bits per heavy atom. The van der Waals surface area contributed by atoms with Gasteiger partial charge in [0.2, 0.25) is 0 Å². The summed E-state index contributed by atoms with van der Waals surface area (Å²) in [6.07, 6.45) is 1.55. The van der Waals surface area contributed by atoms with Gasteiger partial charge in [0.15, 0.2) is 5.79 Å². The minimum atomic E-state index is -0.554. The zero-order valence-electron chi connectivity index (χ0n) is 14.3. The predicted octanol–water partition coefficient (Wildman–Crippen LogP) is 3.01. The van der Waals surface area contributed by atoms with Crippen LogP contribution in [0.25, 0.3) is 0 Å². The van der Waals surface area contributed by atoms with Crippen molar-refractivity contribution in [2.75, 3.05) is 26.8 Å². The molecule has 0 rings (SSSR count). The number of hydrogen-bond donors (Lipinski definition) is 1. The highest BCUT2D eigenvalue weighted by Gasteiger charge is 2.28. The third-order valence-electron chi connectivity index (χ3n) is 3.84. The maximum atomic E-state index is 11.3. The monoisotopic (exact) mass is 287 g/mol. The average molecular weight is 287 g/mol. The highest BCUT2D eigenvalue weighted by atomic mass is 16.7. The Bertz CT molecular complexity index is 287. The molecule has 0 aliphatic heterocycles. The molecule has 0 aromatic rings. The van der Waals surface area contributed by atoms with E-state index in [9.17, 15) is 4.79 Å². The van der Waals surface area contributed by atoms with Crippen molar-refractivity contribution < 1.29 is 14.3 Å². The lowest BCUT2D eigenvalue weighted by Gasteiger charge is -2.32. The Morgan fingerprint density at radius 2 is 1.70 bits per heavy atom. The van der Waals surface area contributed by atoms with Gasteiger partial charge in [-0.2, -0.15) is 0 Å². The summed E-state index contributed by atoms with van der Waals surface area (Å²) in [5.41, 5.74) is 0.0202. The van der Waals surface area contributed by atoms with Crippen molar-refractivity contribution in [3.8, 4) is 0 Å². The van der Waals surface area contributed by atoms with Crippen LogP contribution in [0, 0.1) is 11.3 Å². The summed E-state index contributed by atoms with van der Waals surface area (Å²) < 4.78 is 11.5. The molecule has 4 heteroatoms. The molecule has 0 bridgehead atoms. The van der Waals surface area contributed by atoms with Gasteiger partial charge in [0.05, 0.1) is 13.2 Å². The van der Waals surface area contributed by atoms with Crippen LogP contribution in [0.1, 0.15) is 54.4 Å². The number of carbonyl (C=O) groups is 1. The van der Waals surface area contributed by atoms with Gasteiger partial charge < -0.3 is 19.6 Å². The normalized spacial score (nSPS) is 14.3. The quantitative estimate of drug-likeness (QED) is 0.469. The van der Waals surface area contributed by atoms with E-state index in [0.717, 1.165) is 13.0 Å². The van der Waals surface area contributed by atoms with Crippen molar-refractivity contribution in [3.63, 3.8) is 0 Å². The van der Waals surface area contributed by atoms with E-state index in [4.69, 9.17) is 9.47 Å². The number of rotatable bonds is 11. The van der Waals surface area contributed by atoms with E-state index in [2.05, 4.69) is 26.1 Å². The SMILES string of the molecule is CNCCOC(C)(C)OCCC(C)C(C)(C)CC(C)=O. The Hall–Kier alpha value is -0.450. The Morgan fingerprint density at radius 3 is 2.20 bits per heavy atom. The van der Waals surface area contributed by atoms with E-state index in [1.807, 2.05) is 20.9 Å². The van der Waals surface area contributed by atoms with Crippen molar-refractivity contribution in [1.82, 2.24) is 5.32 Å². The van der Waals surface area contributed by atoms with Gasteiger partial charge in [-0.05, 0) is 45.6 Å². The van der Waals surface area contributed by atoms with Crippen LogP contribution in [-0.2, 0) is 14.3 Å². The van der Waals surface area contributed by atoms with E-state index >= 15 is 0 Å². The number of nitrogens with one attached hydrogen (secondary N) is 1. The lowest BCUT2D eigenvalue weighted by Crippen LogP contribution is -2.33. The molecule has 0 saturated carbocycles. The van der Waals surface area contributed by atoms with Crippen LogP contribution in [0.3, 0.4) is 0 Å². The molecule has 1 atom stereocenters. The Balaban J connectivity index is 4.06. The van der Waals surface area contributed by atoms with Gasteiger partial charge in [-0.1, -0.05) is 20.8 Å². The van der Waals surface area contributed by atoms with Gasteiger partial charge in [0.25, 0.3) is 0 Å². The highest BCUT2D eigenvalue weighted by molar-refractivity contribution is 5.76. The van der Waals surface area contributed by atoms with E-state index in [1.54, 1.807) is 6.92 Å². The Labute approximate surface area is 124 Å². The lowest BCUT2D eigenvalue weighted by atomic mass is 9.75. The van der Waals surface area contributed by atoms with Gasteiger partial charge in [-0.3, -0.25) is 0 Å². The van der Waals surface area contributed by atoms with Crippen molar-refractivity contribution >= 4 is 5.78 Å². The number of ether oxygens (including phenoxy) is 2. The first-order chi connectivity index (χ1) is 9.10. The fourth-order valence-electron chi connectivity index (χ4n) is 2.13. The second kappa shape index (κ2) is 8.75. The van der Waals surface area contributed by atoms with Gasteiger partial charge >= 0.3 is 0 Å². The first-order valence-electron chi connectivity index (χ1n) is 7.52. The summed E-state index contributed by atoms with van der Waals surface area (Å²) >= 11 is 0. The molecule has 0 spiro atoms. The fourth-order valence-corrected chi connectivity index (χ4v) is 2.13. The second-order valence-electron chi connectivity index (χ2n) is 6.76. The molecule has 4 nitrogen and oxygen atoms in total. The molecule has 1 N–H and O–H groups in total. The molecule has 0 aliphatic rings. The number of ketones is 1. The number of likely N-dealkylation sites (N-methyl/N-ethyl adjacent to an activating group) is 1. The third-order valence-corrected chi connectivity index (χ3v) is 3.84. The molecule has 0 aromatic carbocycles. The van der Waals surface area contributed by atoms with Crippen LogP contribution >= 0.6 is 0 Å². The summed E-state index contributed by atoms with van der Waals surface area (Å²) in [6, 6.07) is 0. The van der Waals surface area contributed by atoms with E-state index in [1.165, 1.54) is 0 Å². The first kappa shape index (κ1) is 19.6. The molecule has 0 aromatic heterocycles. The van der Waals surface area contributed by atoms with Crippen molar-refractivity contribution in [2.45, 2.75) is 60.2 Å². The molecule has 0 fully saturated rings.